The van der Waals surface area contributed by atoms with Crippen LogP contribution >= 0.6 is 11.8 Å². The molecule has 1 unspecified atom stereocenters. The Kier molecular flexibility index (Phi) is 6.43. The second kappa shape index (κ2) is 9.80. The molecule has 5 rings (SSSR count). The summed E-state index contributed by atoms with van der Waals surface area (Å²) in [6.07, 6.45) is 0. The molecule has 1 aromatic heterocycles. The number of aliphatic carboxylic acids is 1. The first-order valence-electron chi connectivity index (χ1n) is 11.5. The first-order chi connectivity index (χ1) is 17.0. The first kappa shape index (κ1) is 22.9. The lowest BCUT2D eigenvalue weighted by molar-refractivity contribution is -0.140. The number of ketones is 1. The Morgan fingerprint density at radius 2 is 1.60 bits per heavy atom. The molecule has 35 heavy (non-hydrogen) atoms. The lowest BCUT2D eigenvalue weighted by atomic mass is 9.97. The van der Waals surface area contributed by atoms with E-state index in [1.807, 2.05) is 78.9 Å². The molecule has 4 nitrogen and oxygen atoms in total. The van der Waals surface area contributed by atoms with Crippen LogP contribution < -0.4 is 0 Å². The van der Waals surface area contributed by atoms with E-state index in [0.717, 1.165) is 38.6 Å². The van der Waals surface area contributed by atoms with Gasteiger partial charge in [-0.15, -0.1) is 0 Å². The van der Waals surface area contributed by atoms with Crippen molar-refractivity contribution in [3.63, 3.8) is 0 Å². The Labute approximate surface area is 207 Å². The number of thioether (sulfide) groups is 1. The highest BCUT2D eigenvalue weighted by Crippen LogP contribution is 2.36. The van der Waals surface area contributed by atoms with Crippen molar-refractivity contribution in [1.29, 1.82) is 0 Å². The number of fused-ring (bicyclic) bond motifs is 3. The molecule has 0 saturated carbocycles. The molecule has 174 valence electrons. The van der Waals surface area contributed by atoms with Crippen molar-refractivity contribution in [2.45, 2.75) is 12.7 Å². The average Bonchev–Trinajstić information content (AvgIpc) is 3.27. The smallest absolute Gasteiger partial charge is 0.307 e. The zero-order chi connectivity index (χ0) is 24.4. The second-order valence-corrected chi connectivity index (χ2v) is 9.67. The van der Waals surface area contributed by atoms with E-state index in [9.17, 15) is 9.59 Å². The van der Waals surface area contributed by atoms with E-state index in [1.54, 1.807) is 18.7 Å². The van der Waals surface area contributed by atoms with Crippen molar-refractivity contribution >= 4 is 45.5 Å². The molecule has 1 atom stereocenters. The molecule has 0 aliphatic carbocycles. The highest BCUT2D eigenvalue weighted by atomic mass is 32.2. The number of carbonyl (C=O) groups excluding carboxylic acids is 1. The van der Waals surface area contributed by atoms with E-state index in [1.165, 1.54) is 0 Å². The normalized spacial score (nSPS) is 12.1. The predicted molar refractivity (Wildman–Crippen MR) is 142 cm³/mol. The quantitative estimate of drug-likeness (QED) is 0.234. The summed E-state index contributed by atoms with van der Waals surface area (Å²) in [6, 6.07) is 29.3. The number of furan rings is 1. The van der Waals surface area contributed by atoms with Crippen LogP contribution in [-0.4, -0.2) is 22.6 Å². The van der Waals surface area contributed by atoms with Gasteiger partial charge < -0.3 is 9.52 Å². The third kappa shape index (κ3) is 4.73. The topological polar surface area (TPSA) is 67.5 Å². The fraction of sp³-hybridized carbons (Fsp3) is 0.133. The van der Waals surface area contributed by atoms with E-state index >= 15 is 0 Å². The Bertz CT molecular complexity index is 1530. The molecule has 0 spiro atoms. The standard InChI is InChI=1S/C30H24O4S/c1-19(30(32)33)17-35-18-20-12-14-21(15-13-20)28(31)23-7-4-6-22(16-23)24-9-5-10-26-25-8-2-3-11-27(25)34-29(24)26/h2-16,19H,17-18H2,1H3,(H,32,33). The first-order valence-corrected chi connectivity index (χ1v) is 12.6. The summed E-state index contributed by atoms with van der Waals surface area (Å²) in [5.41, 5.74) is 5.85. The zero-order valence-electron chi connectivity index (χ0n) is 19.2. The molecule has 1 N–H and O–H groups in total. The summed E-state index contributed by atoms with van der Waals surface area (Å²) in [6.45, 7) is 1.71. The molecule has 0 saturated heterocycles. The molecule has 0 radical (unpaired) electrons. The maximum atomic E-state index is 13.2. The van der Waals surface area contributed by atoms with Gasteiger partial charge in [-0.05, 0) is 23.3 Å². The van der Waals surface area contributed by atoms with Crippen molar-refractivity contribution in [3.8, 4) is 11.1 Å². The number of hydrogen-bond acceptors (Lipinski definition) is 4. The largest absolute Gasteiger partial charge is 0.481 e. The van der Waals surface area contributed by atoms with Gasteiger partial charge in [0.25, 0.3) is 0 Å². The highest BCUT2D eigenvalue weighted by Gasteiger charge is 2.15. The Hall–Kier alpha value is -3.83. The van der Waals surface area contributed by atoms with Crippen molar-refractivity contribution in [1.82, 2.24) is 0 Å². The van der Waals surface area contributed by atoms with Crippen molar-refractivity contribution < 1.29 is 19.1 Å². The molecule has 0 fully saturated rings. The van der Waals surface area contributed by atoms with Gasteiger partial charge >= 0.3 is 5.97 Å². The molecule has 5 heteroatoms. The molecule has 0 amide bonds. The maximum Gasteiger partial charge on any atom is 0.307 e. The van der Waals surface area contributed by atoms with Gasteiger partial charge in [0.05, 0.1) is 5.92 Å². The minimum Gasteiger partial charge on any atom is -0.481 e. The van der Waals surface area contributed by atoms with Crippen LogP contribution in [0, 0.1) is 5.92 Å². The highest BCUT2D eigenvalue weighted by molar-refractivity contribution is 7.98. The molecule has 5 aromatic rings. The molecule has 0 aliphatic heterocycles. The lowest BCUT2D eigenvalue weighted by Crippen LogP contribution is -2.11. The van der Waals surface area contributed by atoms with Crippen LogP contribution in [0.15, 0.2) is 95.4 Å². The molecule has 1 heterocycles. The van der Waals surface area contributed by atoms with Crippen molar-refractivity contribution in [2.75, 3.05) is 5.75 Å². The fourth-order valence-electron chi connectivity index (χ4n) is 4.15. The Morgan fingerprint density at radius 3 is 2.40 bits per heavy atom. The number of hydrogen-bond donors (Lipinski definition) is 1. The van der Waals surface area contributed by atoms with E-state index in [-0.39, 0.29) is 11.7 Å². The van der Waals surface area contributed by atoms with Gasteiger partial charge in [0, 0.05) is 39.0 Å². The van der Waals surface area contributed by atoms with Gasteiger partial charge in [-0.3, -0.25) is 9.59 Å². The monoisotopic (exact) mass is 480 g/mol. The number of benzene rings is 4. The summed E-state index contributed by atoms with van der Waals surface area (Å²) in [5.74, 6) is 0.0715. The van der Waals surface area contributed by atoms with E-state index in [2.05, 4.69) is 12.1 Å². The zero-order valence-corrected chi connectivity index (χ0v) is 20.0. The van der Waals surface area contributed by atoms with E-state index in [4.69, 9.17) is 9.52 Å². The number of para-hydroxylation sites is 2. The SMILES string of the molecule is CC(CSCc1ccc(C(=O)c2cccc(-c3cccc4c3oc3ccccc34)c2)cc1)C(=O)O. The summed E-state index contributed by atoms with van der Waals surface area (Å²) in [5, 5.41) is 11.1. The van der Waals surface area contributed by atoms with Crippen LogP contribution in [0.3, 0.4) is 0 Å². The van der Waals surface area contributed by atoms with E-state index in [0.29, 0.717) is 22.6 Å². The second-order valence-electron chi connectivity index (χ2n) is 8.64. The van der Waals surface area contributed by atoms with Crippen molar-refractivity contribution in [3.05, 3.63) is 108 Å². The van der Waals surface area contributed by atoms with Gasteiger partial charge in [0.1, 0.15) is 11.2 Å². The van der Waals surface area contributed by atoms with Gasteiger partial charge in [-0.1, -0.05) is 85.8 Å². The summed E-state index contributed by atoms with van der Waals surface area (Å²) in [7, 11) is 0. The summed E-state index contributed by atoms with van der Waals surface area (Å²) in [4.78, 5) is 24.2. The Morgan fingerprint density at radius 1 is 0.857 bits per heavy atom. The molecular formula is C30H24O4S. The minimum absolute atomic E-state index is 0.0395. The molecule has 0 aliphatic rings. The average molecular weight is 481 g/mol. The lowest BCUT2D eigenvalue weighted by Gasteiger charge is -2.08. The van der Waals surface area contributed by atoms with Crippen LogP contribution in [0.5, 0.6) is 0 Å². The third-order valence-corrected chi connectivity index (χ3v) is 7.39. The predicted octanol–water partition coefficient (Wildman–Crippen LogP) is 7.44. The van der Waals surface area contributed by atoms with Gasteiger partial charge in [-0.2, -0.15) is 11.8 Å². The van der Waals surface area contributed by atoms with E-state index < -0.39 is 5.97 Å². The Balaban J connectivity index is 1.38. The summed E-state index contributed by atoms with van der Waals surface area (Å²) < 4.78 is 6.18. The number of rotatable bonds is 8. The van der Waals surface area contributed by atoms with Gasteiger partial charge in [0.2, 0.25) is 0 Å². The minimum atomic E-state index is -0.780. The summed E-state index contributed by atoms with van der Waals surface area (Å²) >= 11 is 1.58. The van der Waals surface area contributed by atoms with Gasteiger partial charge in [0.15, 0.2) is 5.78 Å². The van der Waals surface area contributed by atoms with Crippen LogP contribution in [0.4, 0.5) is 0 Å². The fourth-order valence-corrected chi connectivity index (χ4v) is 5.19. The van der Waals surface area contributed by atoms with Crippen LogP contribution in [0.25, 0.3) is 33.1 Å². The van der Waals surface area contributed by atoms with Crippen molar-refractivity contribution in [2.24, 2.45) is 5.92 Å². The van der Waals surface area contributed by atoms with Gasteiger partial charge in [-0.25, -0.2) is 0 Å². The van der Waals surface area contributed by atoms with Crippen LogP contribution in [0.2, 0.25) is 0 Å². The number of carboxylic acid groups (broad SMARTS) is 1. The molecule has 0 bridgehead atoms. The number of carboxylic acids is 1. The maximum absolute atomic E-state index is 13.2. The number of carbonyl (C=O) groups is 2. The molecular weight excluding hydrogens is 456 g/mol. The van der Waals surface area contributed by atoms with Crippen LogP contribution in [-0.2, 0) is 10.5 Å². The molecule has 4 aromatic carbocycles. The van der Waals surface area contributed by atoms with Crippen LogP contribution in [0.1, 0.15) is 28.4 Å². The third-order valence-electron chi connectivity index (χ3n) is 6.11.